The molecule has 1 unspecified atom stereocenters. The molecule has 1 atom stereocenters. The van der Waals surface area contributed by atoms with Crippen LogP contribution >= 0.6 is 11.6 Å². The van der Waals surface area contributed by atoms with Gasteiger partial charge in [0.15, 0.2) is 0 Å². The first kappa shape index (κ1) is 20.3. The third-order valence-corrected chi connectivity index (χ3v) is 5.32. The molecule has 1 fully saturated rings. The normalized spacial score (nSPS) is 17.3. The Morgan fingerprint density at radius 1 is 1.36 bits per heavy atom. The first-order valence-electron chi connectivity index (χ1n) is 9.07. The fourth-order valence-electron chi connectivity index (χ4n) is 3.75. The Bertz CT molecular complexity index is 878. The van der Waals surface area contributed by atoms with Crippen LogP contribution in [0.15, 0.2) is 36.7 Å². The largest absolute Gasteiger partial charge is 0.417 e. The molecule has 2 heterocycles. The van der Waals surface area contributed by atoms with Gasteiger partial charge in [0.25, 0.3) is 0 Å². The summed E-state index contributed by atoms with van der Waals surface area (Å²) in [5.41, 5.74) is 0.103. The number of nitriles is 1. The van der Waals surface area contributed by atoms with Crippen molar-refractivity contribution < 1.29 is 13.2 Å². The van der Waals surface area contributed by atoms with Gasteiger partial charge in [-0.1, -0.05) is 11.6 Å². The fourth-order valence-corrected chi connectivity index (χ4v) is 3.99. The Kier molecular flexibility index (Phi) is 5.99. The predicted octanol–water partition coefficient (Wildman–Crippen LogP) is 5.12. The van der Waals surface area contributed by atoms with Crippen molar-refractivity contribution in [3.05, 3.63) is 52.8 Å². The highest BCUT2D eigenvalue weighted by Gasteiger charge is 2.35. The van der Waals surface area contributed by atoms with E-state index in [1.807, 2.05) is 17.9 Å². The monoisotopic (exact) mass is 408 g/mol. The molecule has 3 rings (SSSR count). The average Bonchev–Trinajstić information content (AvgIpc) is 2.68. The predicted molar refractivity (Wildman–Crippen MR) is 104 cm³/mol. The zero-order valence-electron chi connectivity index (χ0n) is 15.4. The molecule has 0 amide bonds. The number of pyridine rings is 1. The van der Waals surface area contributed by atoms with Crippen LogP contribution in [-0.4, -0.2) is 30.7 Å². The first-order chi connectivity index (χ1) is 13.3. The summed E-state index contributed by atoms with van der Waals surface area (Å²) in [6, 6.07) is 7.45. The SMILES string of the molecule is CCN(c1ccc(C#N)c(C(F)(F)F)c1)C1CCCN(c2ccncc2Cl)C1. The molecular formula is C20H20ClF3N4. The van der Waals surface area contributed by atoms with E-state index in [4.69, 9.17) is 16.9 Å². The van der Waals surface area contributed by atoms with Crippen LogP contribution in [0, 0.1) is 11.3 Å². The smallest absolute Gasteiger partial charge is 0.368 e. The number of aromatic nitrogens is 1. The highest BCUT2D eigenvalue weighted by molar-refractivity contribution is 6.33. The molecule has 0 aliphatic carbocycles. The Hall–Kier alpha value is -2.46. The third-order valence-electron chi connectivity index (χ3n) is 5.03. The topological polar surface area (TPSA) is 43.2 Å². The molecule has 0 spiro atoms. The molecule has 0 radical (unpaired) electrons. The van der Waals surface area contributed by atoms with Gasteiger partial charge in [0.1, 0.15) is 0 Å². The number of halogens is 4. The summed E-state index contributed by atoms with van der Waals surface area (Å²) >= 11 is 6.27. The van der Waals surface area contributed by atoms with E-state index >= 15 is 0 Å². The van der Waals surface area contributed by atoms with E-state index in [2.05, 4.69) is 9.88 Å². The van der Waals surface area contributed by atoms with Crippen molar-refractivity contribution in [2.24, 2.45) is 0 Å². The van der Waals surface area contributed by atoms with Gasteiger partial charge in [0.2, 0.25) is 0 Å². The van der Waals surface area contributed by atoms with E-state index in [1.54, 1.807) is 24.5 Å². The number of hydrogen-bond acceptors (Lipinski definition) is 4. The van der Waals surface area contributed by atoms with Crippen LogP contribution in [0.2, 0.25) is 5.02 Å². The van der Waals surface area contributed by atoms with Crippen LogP contribution in [0.4, 0.5) is 24.5 Å². The lowest BCUT2D eigenvalue weighted by Crippen LogP contribution is -2.48. The minimum absolute atomic E-state index is 0.0389. The van der Waals surface area contributed by atoms with Crippen LogP contribution in [0.5, 0.6) is 0 Å². The standard InChI is InChI=1S/C20H20ClF3N4/c1-2-28(15-6-5-14(11-25)17(10-15)20(22,23)24)16-4-3-9-27(13-16)19-7-8-26-12-18(19)21/h5-8,10,12,16H,2-4,9,13H2,1H3. The minimum atomic E-state index is -4.57. The molecule has 28 heavy (non-hydrogen) atoms. The van der Waals surface area contributed by atoms with Crippen LogP contribution in [0.1, 0.15) is 30.9 Å². The Morgan fingerprint density at radius 2 is 2.14 bits per heavy atom. The molecule has 1 aliphatic rings. The van der Waals surface area contributed by atoms with E-state index in [9.17, 15) is 13.2 Å². The van der Waals surface area contributed by atoms with Crippen LogP contribution in [-0.2, 0) is 6.18 Å². The van der Waals surface area contributed by atoms with E-state index in [0.29, 0.717) is 23.8 Å². The second kappa shape index (κ2) is 8.27. The number of alkyl halides is 3. The molecule has 0 bridgehead atoms. The lowest BCUT2D eigenvalue weighted by Gasteiger charge is -2.41. The molecule has 0 N–H and O–H groups in total. The van der Waals surface area contributed by atoms with E-state index < -0.39 is 11.7 Å². The van der Waals surface area contributed by atoms with Gasteiger partial charge in [0.05, 0.1) is 27.9 Å². The van der Waals surface area contributed by atoms with Gasteiger partial charge < -0.3 is 9.80 Å². The molecule has 8 heteroatoms. The zero-order valence-corrected chi connectivity index (χ0v) is 16.1. The lowest BCUT2D eigenvalue weighted by molar-refractivity contribution is -0.137. The van der Waals surface area contributed by atoms with Gasteiger partial charge >= 0.3 is 6.18 Å². The highest BCUT2D eigenvalue weighted by Crippen LogP contribution is 2.36. The number of anilines is 2. The van der Waals surface area contributed by atoms with Crippen molar-refractivity contribution >= 4 is 23.0 Å². The molecule has 1 aliphatic heterocycles. The van der Waals surface area contributed by atoms with Gasteiger partial charge in [-0.15, -0.1) is 0 Å². The highest BCUT2D eigenvalue weighted by atomic mass is 35.5. The summed E-state index contributed by atoms with van der Waals surface area (Å²) in [6.07, 6.45) is 0.479. The molecule has 4 nitrogen and oxygen atoms in total. The molecule has 0 saturated carbocycles. The maximum atomic E-state index is 13.4. The number of likely N-dealkylation sites (N-methyl/N-ethyl adjacent to an activating group) is 1. The maximum Gasteiger partial charge on any atom is 0.417 e. The van der Waals surface area contributed by atoms with Crippen molar-refractivity contribution in [2.75, 3.05) is 29.4 Å². The Labute approximate surface area is 167 Å². The molecule has 1 aromatic carbocycles. The second-order valence-corrected chi connectivity index (χ2v) is 7.10. The second-order valence-electron chi connectivity index (χ2n) is 6.69. The van der Waals surface area contributed by atoms with Gasteiger partial charge in [-0.2, -0.15) is 18.4 Å². The third kappa shape index (κ3) is 4.17. The van der Waals surface area contributed by atoms with Crippen molar-refractivity contribution in [3.8, 4) is 6.07 Å². The van der Waals surface area contributed by atoms with E-state index in [-0.39, 0.29) is 11.6 Å². The number of hydrogen-bond donors (Lipinski definition) is 0. The number of nitrogens with zero attached hydrogens (tertiary/aromatic N) is 4. The van der Waals surface area contributed by atoms with Gasteiger partial charge in [0, 0.05) is 43.8 Å². The van der Waals surface area contributed by atoms with Gasteiger partial charge in [-0.25, -0.2) is 0 Å². The van der Waals surface area contributed by atoms with Crippen molar-refractivity contribution in [1.82, 2.24) is 4.98 Å². The first-order valence-corrected chi connectivity index (χ1v) is 9.45. The fraction of sp³-hybridized carbons (Fsp3) is 0.400. The number of piperidine rings is 1. The summed E-state index contributed by atoms with van der Waals surface area (Å²) in [5.74, 6) is 0. The quantitative estimate of drug-likeness (QED) is 0.704. The van der Waals surface area contributed by atoms with Crippen LogP contribution < -0.4 is 9.80 Å². The number of benzene rings is 1. The summed E-state index contributed by atoms with van der Waals surface area (Å²) in [6.45, 7) is 3.97. The summed E-state index contributed by atoms with van der Waals surface area (Å²) in [4.78, 5) is 8.12. The van der Waals surface area contributed by atoms with Crippen molar-refractivity contribution in [2.45, 2.75) is 32.0 Å². The van der Waals surface area contributed by atoms with Crippen molar-refractivity contribution in [3.63, 3.8) is 0 Å². The minimum Gasteiger partial charge on any atom is -0.368 e. The summed E-state index contributed by atoms with van der Waals surface area (Å²) < 4.78 is 40.1. The van der Waals surface area contributed by atoms with Crippen LogP contribution in [0.25, 0.3) is 0 Å². The molecule has 2 aromatic rings. The maximum absolute atomic E-state index is 13.4. The summed E-state index contributed by atoms with van der Waals surface area (Å²) in [7, 11) is 0. The molecular weight excluding hydrogens is 389 g/mol. The Balaban J connectivity index is 1.89. The van der Waals surface area contributed by atoms with E-state index in [1.165, 1.54) is 6.07 Å². The Morgan fingerprint density at radius 3 is 2.79 bits per heavy atom. The lowest BCUT2D eigenvalue weighted by atomic mass is 10.0. The molecule has 148 valence electrons. The van der Waals surface area contributed by atoms with Gasteiger partial charge in [-0.3, -0.25) is 4.98 Å². The van der Waals surface area contributed by atoms with E-state index in [0.717, 1.165) is 31.1 Å². The zero-order chi connectivity index (χ0) is 20.3. The molecule has 1 aromatic heterocycles. The average molecular weight is 409 g/mol. The van der Waals surface area contributed by atoms with Crippen molar-refractivity contribution in [1.29, 1.82) is 5.26 Å². The van der Waals surface area contributed by atoms with Crippen LogP contribution in [0.3, 0.4) is 0 Å². The number of rotatable bonds is 4. The van der Waals surface area contributed by atoms with Gasteiger partial charge in [-0.05, 0) is 44.0 Å². The summed E-state index contributed by atoms with van der Waals surface area (Å²) in [5, 5.41) is 9.58. The molecule has 1 saturated heterocycles.